The summed E-state index contributed by atoms with van der Waals surface area (Å²) in [6.07, 6.45) is 0.992. The molecule has 1 saturated carbocycles. The second kappa shape index (κ2) is 4.69. The molecule has 1 aliphatic carbocycles. The third kappa shape index (κ3) is 2.27. The standard InChI is InChI=1S/C13H13N3O3/c1-9-6-13(7-9,8-14)12(17)15-10-4-2-3-5-11(10)16(18)19/h2-5,9H,6-7H2,1H3,(H,15,17). The molecule has 0 spiro atoms. The molecule has 1 N–H and O–H groups in total. The lowest BCUT2D eigenvalue weighted by Gasteiger charge is -2.39. The number of hydrogen-bond donors (Lipinski definition) is 1. The van der Waals surface area contributed by atoms with Gasteiger partial charge in [-0.05, 0) is 24.8 Å². The molecule has 6 heteroatoms. The number of nitrogens with zero attached hydrogens (tertiary/aromatic N) is 2. The van der Waals surface area contributed by atoms with Gasteiger partial charge in [-0.15, -0.1) is 0 Å². The Balaban J connectivity index is 2.21. The molecule has 0 bridgehead atoms. The Morgan fingerprint density at radius 2 is 2.16 bits per heavy atom. The van der Waals surface area contributed by atoms with Gasteiger partial charge in [-0.1, -0.05) is 19.1 Å². The highest BCUT2D eigenvalue weighted by atomic mass is 16.6. The van der Waals surface area contributed by atoms with Crippen molar-refractivity contribution in [2.75, 3.05) is 5.32 Å². The minimum Gasteiger partial charge on any atom is -0.319 e. The zero-order chi connectivity index (χ0) is 14.0. The Bertz CT molecular complexity index is 571. The second-order valence-corrected chi connectivity index (χ2v) is 4.94. The Morgan fingerprint density at radius 1 is 1.53 bits per heavy atom. The molecule has 0 radical (unpaired) electrons. The van der Waals surface area contributed by atoms with Gasteiger partial charge in [0, 0.05) is 6.07 Å². The molecule has 1 fully saturated rings. The van der Waals surface area contributed by atoms with Crippen LogP contribution in [-0.2, 0) is 4.79 Å². The SMILES string of the molecule is CC1CC(C#N)(C(=O)Nc2ccccc2[N+](=O)[O-])C1. The van der Waals surface area contributed by atoms with E-state index in [0.29, 0.717) is 18.8 Å². The maximum absolute atomic E-state index is 12.1. The Morgan fingerprint density at radius 3 is 2.68 bits per heavy atom. The van der Waals surface area contributed by atoms with Gasteiger partial charge in [-0.2, -0.15) is 5.26 Å². The van der Waals surface area contributed by atoms with Gasteiger partial charge in [0.1, 0.15) is 11.1 Å². The fraction of sp³-hybridized carbons (Fsp3) is 0.385. The number of rotatable bonds is 3. The molecule has 0 saturated heterocycles. The first-order valence-corrected chi connectivity index (χ1v) is 5.94. The number of carbonyl (C=O) groups excluding carboxylic acids is 1. The van der Waals surface area contributed by atoms with E-state index < -0.39 is 16.2 Å². The number of benzene rings is 1. The second-order valence-electron chi connectivity index (χ2n) is 4.94. The van der Waals surface area contributed by atoms with Gasteiger partial charge in [-0.3, -0.25) is 14.9 Å². The number of anilines is 1. The van der Waals surface area contributed by atoms with E-state index >= 15 is 0 Å². The van der Waals surface area contributed by atoms with Crippen LogP contribution in [0, 0.1) is 32.8 Å². The molecule has 98 valence electrons. The number of para-hydroxylation sites is 2. The van der Waals surface area contributed by atoms with Crippen molar-refractivity contribution < 1.29 is 9.72 Å². The Hall–Kier alpha value is -2.42. The molecule has 0 heterocycles. The van der Waals surface area contributed by atoms with Crippen LogP contribution in [0.3, 0.4) is 0 Å². The van der Waals surface area contributed by atoms with E-state index in [1.54, 1.807) is 6.07 Å². The highest BCUT2D eigenvalue weighted by Crippen LogP contribution is 2.45. The quantitative estimate of drug-likeness (QED) is 0.666. The lowest BCUT2D eigenvalue weighted by atomic mass is 9.63. The van der Waals surface area contributed by atoms with Crippen LogP contribution in [0.1, 0.15) is 19.8 Å². The van der Waals surface area contributed by atoms with Crippen LogP contribution in [0.2, 0.25) is 0 Å². The summed E-state index contributed by atoms with van der Waals surface area (Å²) in [5.74, 6) is -0.126. The molecular formula is C13H13N3O3. The van der Waals surface area contributed by atoms with Gasteiger partial charge < -0.3 is 5.32 Å². The van der Waals surface area contributed by atoms with E-state index in [-0.39, 0.29) is 11.4 Å². The van der Waals surface area contributed by atoms with Crippen LogP contribution in [0.4, 0.5) is 11.4 Å². The molecule has 1 aliphatic rings. The van der Waals surface area contributed by atoms with Crippen LogP contribution < -0.4 is 5.32 Å². The molecule has 0 aromatic heterocycles. The fourth-order valence-corrected chi connectivity index (χ4v) is 2.44. The monoisotopic (exact) mass is 259 g/mol. The Labute approximate surface area is 110 Å². The molecule has 0 aliphatic heterocycles. The minimum absolute atomic E-state index is 0.131. The van der Waals surface area contributed by atoms with Crippen molar-refractivity contribution in [3.8, 4) is 6.07 Å². The van der Waals surface area contributed by atoms with Gasteiger partial charge in [0.15, 0.2) is 0 Å². The number of amides is 1. The van der Waals surface area contributed by atoms with Crippen LogP contribution in [-0.4, -0.2) is 10.8 Å². The van der Waals surface area contributed by atoms with Crippen LogP contribution >= 0.6 is 0 Å². The summed E-state index contributed by atoms with van der Waals surface area (Å²) in [6.45, 7) is 1.97. The average Bonchev–Trinajstić information content (AvgIpc) is 2.35. The summed E-state index contributed by atoms with van der Waals surface area (Å²) >= 11 is 0. The molecule has 6 nitrogen and oxygen atoms in total. The number of nitro groups is 1. The zero-order valence-electron chi connectivity index (χ0n) is 10.4. The maximum Gasteiger partial charge on any atom is 0.292 e. The molecule has 0 unspecified atom stereocenters. The Kier molecular flexibility index (Phi) is 3.21. The summed E-state index contributed by atoms with van der Waals surface area (Å²) in [6, 6.07) is 7.94. The number of nitriles is 1. The van der Waals surface area contributed by atoms with E-state index in [1.807, 2.05) is 13.0 Å². The van der Waals surface area contributed by atoms with E-state index in [9.17, 15) is 14.9 Å². The summed E-state index contributed by atoms with van der Waals surface area (Å²) in [5, 5.41) is 22.5. The average molecular weight is 259 g/mol. The van der Waals surface area contributed by atoms with Crippen molar-refractivity contribution in [2.24, 2.45) is 11.3 Å². The van der Waals surface area contributed by atoms with E-state index in [4.69, 9.17) is 5.26 Å². The molecular weight excluding hydrogens is 246 g/mol. The van der Waals surface area contributed by atoms with E-state index in [0.717, 1.165) is 0 Å². The van der Waals surface area contributed by atoms with Crippen molar-refractivity contribution in [2.45, 2.75) is 19.8 Å². The van der Waals surface area contributed by atoms with Crippen LogP contribution in [0.15, 0.2) is 24.3 Å². The van der Waals surface area contributed by atoms with Gasteiger partial charge in [-0.25, -0.2) is 0 Å². The normalized spacial score (nSPS) is 24.9. The van der Waals surface area contributed by atoms with Crippen molar-refractivity contribution >= 4 is 17.3 Å². The lowest BCUT2D eigenvalue weighted by molar-refractivity contribution is -0.383. The van der Waals surface area contributed by atoms with Crippen molar-refractivity contribution in [1.29, 1.82) is 5.26 Å². The predicted octanol–water partition coefficient (Wildman–Crippen LogP) is 2.47. The first-order chi connectivity index (χ1) is 8.98. The van der Waals surface area contributed by atoms with Gasteiger partial charge >= 0.3 is 0 Å². The van der Waals surface area contributed by atoms with Gasteiger partial charge in [0.2, 0.25) is 5.91 Å². The fourth-order valence-electron chi connectivity index (χ4n) is 2.44. The highest BCUT2D eigenvalue weighted by Gasteiger charge is 2.49. The third-order valence-electron chi connectivity index (χ3n) is 3.39. The maximum atomic E-state index is 12.1. The number of nitro benzene ring substituents is 1. The molecule has 1 amide bonds. The highest BCUT2D eigenvalue weighted by molar-refractivity contribution is 5.99. The summed E-state index contributed by atoms with van der Waals surface area (Å²) in [4.78, 5) is 22.4. The first kappa shape index (κ1) is 13.0. The largest absolute Gasteiger partial charge is 0.319 e. The van der Waals surface area contributed by atoms with Crippen molar-refractivity contribution in [3.05, 3.63) is 34.4 Å². The molecule has 0 atom stereocenters. The molecule has 2 rings (SSSR count). The summed E-state index contributed by atoms with van der Waals surface area (Å²) in [5.41, 5.74) is -1.08. The van der Waals surface area contributed by atoms with Gasteiger partial charge in [0.05, 0.1) is 11.0 Å². The van der Waals surface area contributed by atoms with Crippen molar-refractivity contribution in [1.82, 2.24) is 0 Å². The molecule has 19 heavy (non-hydrogen) atoms. The number of hydrogen-bond acceptors (Lipinski definition) is 4. The van der Waals surface area contributed by atoms with Gasteiger partial charge in [0.25, 0.3) is 5.69 Å². The minimum atomic E-state index is -1.04. The zero-order valence-corrected chi connectivity index (χ0v) is 10.4. The van der Waals surface area contributed by atoms with Crippen molar-refractivity contribution in [3.63, 3.8) is 0 Å². The van der Waals surface area contributed by atoms with Crippen LogP contribution in [0.25, 0.3) is 0 Å². The third-order valence-corrected chi connectivity index (χ3v) is 3.39. The number of nitrogens with one attached hydrogen (secondary N) is 1. The lowest BCUT2D eigenvalue weighted by Crippen LogP contribution is -2.45. The first-order valence-electron chi connectivity index (χ1n) is 5.94. The molecule has 1 aromatic carbocycles. The smallest absolute Gasteiger partial charge is 0.292 e. The van der Waals surface area contributed by atoms with E-state index in [1.165, 1.54) is 18.2 Å². The van der Waals surface area contributed by atoms with E-state index in [2.05, 4.69) is 5.32 Å². The summed E-state index contributed by atoms with van der Waals surface area (Å²) < 4.78 is 0. The summed E-state index contributed by atoms with van der Waals surface area (Å²) in [7, 11) is 0. The van der Waals surface area contributed by atoms with Crippen LogP contribution in [0.5, 0.6) is 0 Å². The topological polar surface area (TPSA) is 96.0 Å². The predicted molar refractivity (Wildman–Crippen MR) is 68.2 cm³/mol. The molecule has 1 aromatic rings. The number of carbonyl (C=O) groups is 1.